The molecule has 1 amide bonds. The first-order chi connectivity index (χ1) is 7.17. The standard InChI is InChI=1S/C11H20N2O2/c12-9-3-6-13(10(9)15)7-11(8-14)4-1-2-5-11/h9,14H,1-8,12H2. The highest BCUT2D eigenvalue weighted by molar-refractivity contribution is 5.83. The molecule has 2 rings (SSSR count). The Hall–Kier alpha value is -0.610. The molecule has 3 N–H and O–H groups in total. The van der Waals surface area contributed by atoms with Gasteiger partial charge in [0.15, 0.2) is 0 Å². The third-order valence-electron chi connectivity index (χ3n) is 3.86. The first-order valence-corrected chi connectivity index (χ1v) is 5.82. The number of carbonyl (C=O) groups excluding carboxylic acids is 1. The van der Waals surface area contributed by atoms with Gasteiger partial charge in [0.2, 0.25) is 5.91 Å². The van der Waals surface area contributed by atoms with Gasteiger partial charge in [-0.15, -0.1) is 0 Å². The highest BCUT2D eigenvalue weighted by Gasteiger charge is 2.39. The molecule has 15 heavy (non-hydrogen) atoms. The van der Waals surface area contributed by atoms with E-state index in [1.54, 1.807) is 0 Å². The molecule has 1 unspecified atom stereocenters. The Bertz CT molecular complexity index is 249. The molecule has 0 aromatic heterocycles. The molecular formula is C11H20N2O2. The fourth-order valence-electron chi connectivity index (χ4n) is 2.82. The number of aliphatic hydroxyl groups is 1. The van der Waals surface area contributed by atoms with Crippen molar-refractivity contribution in [1.82, 2.24) is 4.90 Å². The number of aliphatic hydroxyl groups excluding tert-OH is 1. The van der Waals surface area contributed by atoms with Crippen LogP contribution in [0.2, 0.25) is 0 Å². The van der Waals surface area contributed by atoms with Crippen molar-refractivity contribution < 1.29 is 9.90 Å². The molecule has 2 aliphatic rings. The second-order valence-electron chi connectivity index (χ2n) is 5.02. The molecule has 0 spiro atoms. The minimum absolute atomic E-state index is 0.0281. The van der Waals surface area contributed by atoms with Gasteiger partial charge in [0.1, 0.15) is 0 Å². The lowest BCUT2D eigenvalue weighted by atomic mass is 9.86. The quantitative estimate of drug-likeness (QED) is 0.697. The summed E-state index contributed by atoms with van der Waals surface area (Å²) >= 11 is 0. The van der Waals surface area contributed by atoms with E-state index >= 15 is 0 Å². The van der Waals surface area contributed by atoms with Crippen molar-refractivity contribution in [2.75, 3.05) is 19.7 Å². The number of nitrogens with two attached hydrogens (primary N) is 1. The van der Waals surface area contributed by atoms with Crippen LogP contribution in [0.3, 0.4) is 0 Å². The third-order valence-corrected chi connectivity index (χ3v) is 3.86. The largest absolute Gasteiger partial charge is 0.396 e. The zero-order valence-corrected chi connectivity index (χ0v) is 9.11. The van der Waals surface area contributed by atoms with Gasteiger partial charge < -0.3 is 15.7 Å². The average molecular weight is 212 g/mol. The Kier molecular flexibility index (Phi) is 2.98. The average Bonchev–Trinajstić information content (AvgIpc) is 2.82. The molecule has 1 saturated heterocycles. The van der Waals surface area contributed by atoms with E-state index in [1.165, 1.54) is 12.8 Å². The summed E-state index contributed by atoms with van der Waals surface area (Å²) in [6.07, 6.45) is 5.20. The van der Waals surface area contributed by atoms with Crippen molar-refractivity contribution in [2.24, 2.45) is 11.1 Å². The second kappa shape index (κ2) is 4.10. The summed E-state index contributed by atoms with van der Waals surface area (Å²) in [6.45, 7) is 1.67. The van der Waals surface area contributed by atoms with Gasteiger partial charge in [0.05, 0.1) is 12.6 Å². The molecule has 1 aliphatic carbocycles. The smallest absolute Gasteiger partial charge is 0.239 e. The van der Waals surface area contributed by atoms with Crippen molar-refractivity contribution in [2.45, 2.75) is 38.1 Å². The van der Waals surface area contributed by atoms with E-state index in [9.17, 15) is 9.90 Å². The van der Waals surface area contributed by atoms with Gasteiger partial charge in [-0.05, 0) is 19.3 Å². The maximum Gasteiger partial charge on any atom is 0.239 e. The Labute approximate surface area is 90.4 Å². The summed E-state index contributed by atoms with van der Waals surface area (Å²) in [5.41, 5.74) is 5.65. The lowest BCUT2D eigenvalue weighted by Crippen LogP contribution is -2.42. The van der Waals surface area contributed by atoms with Gasteiger partial charge in [-0.2, -0.15) is 0 Å². The lowest BCUT2D eigenvalue weighted by Gasteiger charge is -2.31. The van der Waals surface area contributed by atoms with Gasteiger partial charge in [-0.3, -0.25) is 4.79 Å². The van der Waals surface area contributed by atoms with E-state index in [0.29, 0.717) is 6.54 Å². The maximum atomic E-state index is 11.7. The van der Waals surface area contributed by atoms with Crippen LogP contribution in [0.5, 0.6) is 0 Å². The highest BCUT2D eigenvalue weighted by Crippen LogP contribution is 2.38. The van der Waals surface area contributed by atoms with Crippen molar-refractivity contribution in [3.63, 3.8) is 0 Å². The zero-order chi connectivity index (χ0) is 10.9. The van der Waals surface area contributed by atoms with E-state index in [4.69, 9.17) is 5.73 Å². The highest BCUT2D eigenvalue weighted by atomic mass is 16.3. The molecule has 1 saturated carbocycles. The number of hydrogen-bond donors (Lipinski definition) is 2. The van der Waals surface area contributed by atoms with E-state index in [1.807, 2.05) is 4.90 Å². The van der Waals surface area contributed by atoms with Crippen LogP contribution in [0.1, 0.15) is 32.1 Å². The topological polar surface area (TPSA) is 66.6 Å². The number of nitrogens with zero attached hydrogens (tertiary/aromatic N) is 1. The van der Waals surface area contributed by atoms with E-state index in [-0.39, 0.29) is 24.0 Å². The minimum atomic E-state index is -0.304. The van der Waals surface area contributed by atoms with Crippen LogP contribution in [0.15, 0.2) is 0 Å². The molecule has 0 aromatic carbocycles. The second-order valence-corrected chi connectivity index (χ2v) is 5.02. The molecule has 0 radical (unpaired) electrons. The SMILES string of the molecule is NC1CCN(CC2(CO)CCCC2)C1=O. The summed E-state index contributed by atoms with van der Waals surface area (Å²) in [5.74, 6) is 0.0646. The molecule has 86 valence electrons. The van der Waals surface area contributed by atoms with Gasteiger partial charge in [0.25, 0.3) is 0 Å². The van der Waals surface area contributed by atoms with E-state index in [2.05, 4.69) is 0 Å². The first-order valence-electron chi connectivity index (χ1n) is 5.82. The van der Waals surface area contributed by atoms with Crippen LogP contribution in [0.25, 0.3) is 0 Å². The van der Waals surface area contributed by atoms with Crippen LogP contribution in [-0.4, -0.2) is 41.7 Å². The maximum absolute atomic E-state index is 11.7. The van der Waals surface area contributed by atoms with E-state index in [0.717, 1.165) is 25.8 Å². The summed E-state index contributed by atoms with van der Waals surface area (Å²) in [7, 11) is 0. The summed E-state index contributed by atoms with van der Waals surface area (Å²) in [5, 5.41) is 9.46. The Balaban J connectivity index is 1.98. The normalized spacial score (nSPS) is 30.1. The molecule has 1 atom stereocenters. The summed E-state index contributed by atoms with van der Waals surface area (Å²) in [4.78, 5) is 13.5. The first kappa shape index (κ1) is 10.9. The zero-order valence-electron chi connectivity index (χ0n) is 9.11. The number of amides is 1. The number of rotatable bonds is 3. The molecule has 4 heteroatoms. The number of likely N-dealkylation sites (tertiary alicyclic amines) is 1. The number of carbonyl (C=O) groups is 1. The van der Waals surface area contributed by atoms with Gasteiger partial charge in [-0.1, -0.05) is 12.8 Å². The van der Waals surface area contributed by atoms with Gasteiger partial charge in [0, 0.05) is 18.5 Å². The van der Waals surface area contributed by atoms with Crippen LogP contribution < -0.4 is 5.73 Å². The monoisotopic (exact) mass is 212 g/mol. The van der Waals surface area contributed by atoms with Gasteiger partial charge in [-0.25, -0.2) is 0 Å². The van der Waals surface area contributed by atoms with Crippen molar-refractivity contribution in [3.05, 3.63) is 0 Å². The molecule has 1 heterocycles. The van der Waals surface area contributed by atoms with Crippen molar-refractivity contribution >= 4 is 5.91 Å². The third kappa shape index (κ3) is 2.01. The van der Waals surface area contributed by atoms with Crippen LogP contribution in [0, 0.1) is 5.41 Å². The number of hydrogen-bond acceptors (Lipinski definition) is 3. The molecule has 4 nitrogen and oxygen atoms in total. The Morgan fingerprint density at radius 2 is 2.13 bits per heavy atom. The molecule has 0 aromatic rings. The summed E-state index contributed by atoms with van der Waals surface area (Å²) < 4.78 is 0. The lowest BCUT2D eigenvalue weighted by molar-refractivity contribution is -0.130. The fraction of sp³-hybridized carbons (Fsp3) is 0.909. The minimum Gasteiger partial charge on any atom is -0.396 e. The Morgan fingerprint density at radius 1 is 1.47 bits per heavy atom. The molecule has 1 aliphatic heterocycles. The van der Waals surface area contributed by atoms with E-state index < -0.39 is 0 Å². The van der Waals surface area contributed by atoms with Gasteiger partial charge >= 0.3 is 0 Å². The van der Waals surface area contributed by atoms with Crippen LogP contribution in [-0.2, 0) is 4.79 Å². The van der Waals surface area contributed by atoms with Crippen molar-refractivity contribution in [3.8, 4) is 0 Å². The predicted molar refractivity (Wildman–Crippen MR) is 57.2 cm³/mol. The Morgan fingerprint density at radius 3 is 2.60 bits per heavy atom. The molecular weight excluding hydrogens is 192 g/mol. The van der Waals surface area contributed by atoms with Crippen LogP contribution >= 0.6 is 0 Å². The molecule has 0 bridgehead atoms. The summed E-state index contributed by atoms with van der Waals surface area (Å²) in [6, 6.07) is -0.304. The molecule has 2 fully saturated rings. The van der Waals surface area contributed by atoms with Crippen LogP contribution in [0.4, 0.5) is 0 Å². The fourth-order valence-corrected chi connectivity index (χ4v) is 2.82. The predicted octanol–water partition coefficient (Wildman–Crippen LogP) is 0.0987. The van der Waals surface area contributed by atoms with Crippen molar-refractivity contribution in [1.29, 1.82) is 0 Å².